The van der Waals surface area contributed by atoms with Crippen molar-refractivity contribution in [2.24, 2.45) is 0 Å². The molecule has 0 radical (unpaired) electrons. The Hall–Kier alpha value is -0.740. The number of ether oxygens (including phenoxy) is 1. The van der Waals surface area contributed by atoms with E-state index in [-0.39, 0.29) is 0 Å². The number of hydrogen-bond acceptors (Lipinski definition) is 2. The first kappa shape index (κ1) is 14.3. The highest BCUT2D eigenvalue weighted by Gasteiger charge is 2.15. The molecule has 0 heterocycles. The Labute approximate surface area is 115 Å². The molecule has 0 saturated carbocycles. The van der Waals surface area contributed by atoms with Gasteiger partial charge in [-0.2, -0.15) is 0 Å². The summed E-state index contributed by atoms with van der Waals surface area (Å²) in [4.78, 5) is 11.4. The lowest BCUT2D eigenvalue weighted by atomic mass is 10.2. The fourth-order valence-corrected chi connectivity index (χ4v) is 1.68. The van der Waals surface area contributed by atoms with Gasteiger partial charge >= 0.3 is 6.09 Å². The smallest absolute Gasteiger partial charge is 0.407 e. The predicted octanol–water partition coefficient (Wildman–Crippen LogP) is 4.13. The van der Waals surface area contributed by atoms with E-state index in [4.69, 9.17) is 16.3 Å². The number of carbonyl (C=O) groups is 1. The van der Waals surface area contributed by atoms with Crippen molar-refractivity contribution in [1.29, 1.82) is 0 Å². The van der Waals surface area contributed by atoms with Gasteiger partial charge in [-0.25, -0.2) is 4.79 Å². The van der Waals surface area contributed by atoms with Crippen LogP contribution in [0.3, 0.4) is 0 Å². The summed E-state index contributed by atoms with van der Waals surface area (Å²) >= 11 is 9.20. The summed E-state index contributed by atoms with van der Waals surface area (Å²) in [6.45, 7) is 5.88. The molecule has 0 saturated heterocycles. The number of carbonyl (C=O) groups excluding carboxylic acids is 1. The number of rotatable bonds is 2. The van der Waals surface area contributed by atoms with Gasteiger partial charge in [0.1, 0.15) is 5.60 Å². The first-order chi connectivity index (χ1) is 7.78. The van der Waals surface area contributed by atoms with Crippen molar-refractivity contribution >= 4 is 33.6 Å². The molecule has 0 aromatic heterocycles. The number of hydrogen-bond donors (Lipinski definition) is 1. The van der Waals surface area contributed by atoms with Gasteiger partial charge in [0.15, 0.2) is 0 Å². The second-order valence-electron chi connectivity index (χ2n) is 4.60. The largest absolute Gasteiger partial charge is 0.444 e. The second kappa shape index (κ2) is 5.74. The van der Waals surface area contributed by atoms with Crippen LogP contribution in [0, 0.1) is 0 Å². The van der Waals surface area contributed by atoms with Crippen molar-refractivity contribution in [3.8, 4) is 0 Å². The number of nitrogens with one attached hydrogen (secondary N) is 1. The van der Waals surface area contributed by atoms with Gasteiger partial charge in [-0.15, -0.1) is 0 Å². The zero-order valence-electron chi connectivity index (χ0n) is 10.0. The molecule has 1 rings (SSSR count). The van der Waals surface area contributed by atoms with Crippen LogP contribution in [0.2, 0.25) is 5.02 Å². The van der Waals surface area contributed by atoms with Crippen LogP contribution in [-0.4, -0.2) is 11.7 Å². The molecular weight excluding hydrogens is 305 g/mol. The van der Waals surface area contributed by atoms with Crippen LogP contribution in [0.1, 0.15) is 26.3 Å². The van der Waals surface area contributed by atoms with E-state index in [9.17, 15) is 4.79 Å². The van der Waals surface area contributed by atoms with Gasteiger partial charge in [-0.3, -0.25) is 0 Å². The van der Waals surface area contributed by atoms with E-state index in [0.717, 1.165) is 10.0 Å². The normalized spacial score (nSPS) is 11.1. The third kappa shape index (κ3) is 5.41. The van der Waals surface area contributed by atoms with Crippen LogP contribution < -0.4 is 5.32 Å². The Kier molecular flexibility index (Phi) is 4.83. The standard InChI is InChI=1S/C12H15BrClNO2/c1-12(2,3)17-11(16)15-7-8-4-5-10(14)9(13)6-8/h4-6H,7H2,1-3H3,(H,15,16). The van der Waals surface area contributed by atoms with E-state index < -0.39 is 11.7 Å². The SMILES string of the molecule is CC(C)(C)OC(=O)NCc1ccc(Cl)c(Br)c1. The topological polar surface area (TPSA) is 38.3 Å². The average Bonchev–Trinajstić information content (AvgIpc) is 2.17. The predicted molar refractivity (Wildman–Crippen MR) is 72.2 cm³/mol. The van der Waals surface area contributed by atoms with E-state index in [2.05, 4.69) is 21.2 Å². The van der Waals surface area contributed by atoms with Crippen LogP contribution in [0.15, 0.2) is 22.7 Å². The zero-order chi connectivity index (χ0) is 13.1. The molecule has 94 valence electrons. The Morgan fingerprint density at radius 1 is 1.47 bits per heavy atom. The molecule has 0 unspecified atom stereocenters. The summed E-state index contributed by atoms with van der Waals surface area (Å²) in [6, 6.07) is 5.49. The van der Waals surface area contributed by atoms with Gasteiger partial charge in [-0.05, 0) is 54.4 Å². The number of alkyl carbamates (subject to hydrolysis) is 1. The van der Waals surface area contributed by atoms with E-state index in [1.165, 1.54) is 0 Å². The summed E-state index contributed by atoms with van der Waals surface area (Å²) in [5.41, 5.74) is 0.470. The van der Waals surface area contributed by atoms with Crippen LogP contribution in [0.4, 0.5) is 4.79 Å². The van der Waals surface area contributed by atoms with Gasteiger partial charge in [0, 0.05) is 11.0 Å². The Bertz CT molecular complexity index is 415. The van der Waals surface area contributed by atoms with Crippen LogP contribution in [-0.2, 0) is 11.3 Å². The molecule has 17 heavy (non-hydrogen) atoms. The minimum Gasteiger partial charge on any atom is -0.444 e. The molecule has 1 aromatic rings. The van der Waals surface area contributed by atoms with Gasteiger partial charge in [0.25, 0.3) is 0 Å². The monoisotopic (exact) mass is 319 g/mol. The van der Waals surface area contributed by atoms with E-state index in [0.29, 0.717) is 11.6 Å². The molecular formula is C12H15BrClNO2. The van der Waals surface area contributed by atoms with Crippen molar-refractivity contribution < 1.29 is 9.53 Å². The van der Waals surface area contributed by atoms with Gasteiger partial charge in [0.05, 0.1) is 5.02 Å². The third-order valence-corrected chi connectivity index (χ3v) is 3.03. The lowest BCUT2D eigenvalue weighted by molar-refractivity contribution is 0.0523. The van der Waals surface area contributed by atoms with Crippen molar-refractivity contribution in [3.63, 3.8) is 0 Å². The summed E-state index contributed by atoms with van der Waals surface area (Å²) in [6.07, 6.45) is -0.427. The van der Waals surface area contributed by atoms with E-state index in [1.807, 2.05) is 32.9 Å². The van der Waals surface area contributed by atoms with Crippen molar-refractivity contribution in [3.05, 3.63) is 33.3 Å². The molecule has 0 fully saturated rings. The number of amides is 1. The summed E-state index contributed by atoms with van der Waals surface area (Å²) in [7, 11) is 0. The zero-order valence-corrected chi connectivity index (χ0v) is 12.4. The quantitative estimate of drug-likeness (QED) is 0.890. The van der Waals surface area contributed by atoms with Gasteiger partial charge in [0.2, 0.25) is 0 Å². The first-order valence-electron chi connectivity index (χ1n) is 5.19. The lowest BCUT2D eigenvalue weighted by Gasteiger charge is -2.19. The van der Waals surface area contributed by atoms with Gasteiger partial charge in [-0.1, -0.05) is 17.7 Å². The molecule has 5 heteroatoms. The minimum absolute atomic E-state index is 0.407. The molecule has 1 N–H and O–H groups in total. The lowest BCUT2D eigenvalue weighted by Crippen LogP contribution is -2.32. The molecule has 1 amide bonds. The second-order valence-corrected chi connectivity index (χ2v) is 5.87. The molecule has 0 atom stereocenters. The minimum atomic E-state index is -0.481. The molecule has 0 spiro atoms. The molecule has 3 nitrogen and oxygen atoms in total. The van der Waals surface area contributed by atoms with E-state index >= 15 is 0 Å². The highest BCUT2D eigenvalue weighted by molar-refractivity contribution is 9.10. The number of halogens is 2. The summed E-state index contributed by atoms with van der Waals surface area (Å²) < 4.78 is 5.93. The highest BCUT2D eigenvalue weighted by Crippen LogP contribution is 2.23. The highest BCUT2D eigenvalue weighted by atomic mass is 79.9. The Morgan fingerprint density at radius 3 is 2.65 bits per heavy atom. The fourth-order valence-electron chi connectivity index (χ4n) is 1.14. The maximum atomic E-state index is 11.4. The maximum Gasteiger partial charge on any atom is 0.407 e. The Morgan fingerprint density at radius 2 is 2.12 bits per heavy atom. The van der Waals surface area contributed by atoms with Crippen molar-refractivity contribution in [1.82, 2.24) is 5.32 Å². The van der Waals surface area contributed by atoms with E-state index in [1.54, 1.807) is 6.07 Å². The fraction of sp³-hybridized carbons (Fsp3) is 0.417. The van der Waals surface area contributed by atoms with Crippen LogP contribution >= 0.6 is 27.5 Å². The summed E-state index contributed by atoms with van der Waals surface area (Å²) in [5.74, 6) is 0. The molecule has 0 aliphatic rings. The van der Waals surface area contributed by atoms with Crippen LogP contribution in [0.25, 0.3) is 0 Å². The van der Waals surface area contributed by atoms with Crippen molar-refractivity contribution in [2.45, 2.75) is 32.9 Å². The average molecular weight is 321 g/mol. The first-order valence-corrected chi connectivity index (χ1v) is 6.36. The van der Waals surface area contributed by atoms with Crippen molar-refractivity contribution in [2.75, 3.05) is 0 Å². The summed E-state index contributed by atoms with van der Waals surface area (Å²) in [5, 5.41) is 3.32. The maximum absolute atomic E-state index is 11.4. The third-order valence-electron chi connectivity index (χ3n) is 1.82. The molecule has 0 aliphatic carbocycles. The molecule has 1 aromatic carbocycles. The molecule has 0 bridgehead atoms. The van der Waals surface area contributed by atoms with Gasteiger partial charge < -0.3 is 10.1 Å². The molecule has 0 aliphatic heterocycles. The van der Waals surface area contributed by atoms with Crippen LogP contribution in [0.5, 0.6) is 0 Å². The Balaban J connectivity index is 2.50. The number of benzene rings is 1.